The number of carbonyl (C=O) groups is 2. The van der Waals surface area contributed by atoms with Crippen molar-refractivity contribution < 1.29 is 19.4 Å². The van der Waals surface area contributed by atoms with E-state index < -0.39 is 11.9 Å². The van der Waals surface area contributed by atoms with Crippen molar-refractivity contribution in [1.82, 2.24) is 0 Å². The lowest BCUT2D eigenvalue weighted by atomic mass is 10.2. The highest BCUT2D eigenvalue weighted by Crippen LogP contribution is 2.01. The summed E-state index contributed by atoms with van der Waals surface area (Å²) in [5.74, 6) is -1.69. The molecule has 0 amide bonds. The molecule has 0 aromatic heterocycles. The van der Waals surface area contributed by atoms with Gasteiger partial charge in [-0.25, -0.2) is 4.79 Å². The van der Waals surface area contributed by atoms with Crippen LogP contribution in [0.15, 0.2) is 37.5 Å². The van der Waals surface area contributed by atoms with Crippen molar-refractivity contribution in [2.45, 2.75) is 26.2 Å². The Labute approximate surface area is 102 Å². The van der Waals surface area contributed by atoms with Gasteiger partial charge in [0.1, 0.15) is 0 Å². The number of esters is 1. The van der Waals surface area contributed by atoms with Gasteiger partial charge in [-0.2, -0.15) is 0 Å². The summed E-state index contributed by atoms with van der Waals surface area (Å²) in [6.45, 7) is 12.3. The third-order valence-corrected chi connectivity index (χ3v) is 1.55. The van der Waals surface area contributed by atoms with E-state index in [1.54, 1.807) is 12.2 Å². The lowest BCUT2D eigenvalue weighted by Crippen LogP contribution is -2.11. The summed E-state index contributed by atoms with van der Waals surface area (Å²) in [4.78, 5) is 21.1. The summed E-state index contributed by atoms with van der Waals surface area (Å²) in [6.07, 6.45) is 4.63. The quantitative estimate of drug-likeness (QED) is 0.321. The van der Waals surface area contributed by atoms with Crippen molar-refractivity contribution in [3.05, 3.63) is 37.5 Å². The van der Waals surface area contributed by atoms with Crippen molar-refractivity contribution in [3.8, 4) is 0 Å². The number of unbranched alkanes of at least 4 members (excludes halogenated alkanes) is 1. The highest BCUT2D eigenvalue weighted by molar-refractivity contribution is 5.92. The molecule has 0 bridgehead atoms. The van der Waals surface area contributed by atoms with Gasteiger partial charge in [-0.05, 0) is 6.42 Å². The third-order valence-electron chi connectivity index (χ3n) is 1.55. The van der Waals surface area contributed by atoms with E-state index in [-0.39, 0.29) is 12.0 Å². The summed E-state index contributed by atoms with van der Waals surface area (Å²) in [7, 11) is 0. The van der Waals surface area contributed by atoms with Crippen LogP contribution < -0.4 is 0 Å². The lowest BCUT2D eigenvalue weighted by molar-refractivity contribution is -0.142. The fraction of sp³-hybridized carbons (Fsp3) is 0.385. The van der Waals surface area contributed by atoms with Crippen LogP contribution in [0.25, 0.3) is 0 Å². The van der Waals surface area contributed by atoms with Crippen molar-refractivity contribution in [2.24, 2.45) is 0 Å². The van der Waals surface area contributed by atoms with E-state index in [1.165, 1.54) is 0 Å². The standard InChI is InChI=1S/C9H14O4.C4H6/c1-3-4-5-13-9(12)7(2)6-8(10)11;1-3-4-2/h2-6H2,1H3,(H,10,11);3-4H,1-2H2. The molecule has 17 heavy (non-hydrogen) atoms. The highest BCUT2D eigenvalue weighted by atomic mass is 16.5. The van der Waals surface area contributed by atoms with Gasteiger partial charge in [0.25, 0.3) is 0 Å². The van der Waals surface area contributed by atoms with Crippen molar-refractivity contribution in [1.29, 1.82) is 0 Å². The molecule has 0 spiro atoms. The molecule has 0 aliphatic heterocycles. The molecular formula is C13H20O4. The topological polar surface area (TPSA) is 63.6 Å². The van der Waals surface area contributed by atoms with Crippen LogP contribution in [-0.2, 0) is 14.3 Å². The molecule has 0 aliphatic rings. The SMILES string of the molecule is C=C(CC(=O)O)C(=O)OCCCC.C=CC=C. The van der Waals surface area contributed by atoms with Gasteiger partial charge in [0.2, 0.25) is 0 Å². The Morgan fingerprint density at radius 1 is 1.29 bits per heavy atom. The van der Waals surface area contributed by atoms with Crippen LogP contribution in [0.1, 0.15) is 26.2 Å². The number of carboxylic acids is 1. The zero-order chi connectivity index (χ0) is 13.7. The van der Waals surface area contributed by atoms with Crippen LogP contribution in [0, 0.1) is 0 Å². The number of ether oxygens (including phenoxy) is 1. The first kappa shape index (κ1) is 17.6. The van der Waals surface area contributed by atoms with Gasteiger partial charge in [-0.15, -0.1) is 0 Å². The first-order chi connectivity index (χ1) is 7.99. The monoisotopic (exact) mass is 240 g/mol. The molecule has 0 aromatic rings. The van der Waals surface area contributed by atoms with Gasteiger partial charge in [-0.3, -0.25) is 4.79 Å². The van der Waals surface area contributed by atoms with Gasteiger partial charge in [0.05, 0.1) is 13.0 Å². The summed E-state index contributed by atoms with van der Waals surface area (Å²) >= 11 is 0. The van der Waals surface area contributed by atoms with Gasteiger partial charge in [-0.1, -0.05) is 45.2 Å². The Bertz CT molecular complexity index is 273. The average Bonchev–Trinajstić information content (AvgIpc) is 2.28. The molecule has 0 rings (SSSR count). The van der Waals surface area contributed by atoms with Gasteiger partial charge in [0.15, 0.2) is 0 Å². The highest BCUT2D eigenvalue weighted by Gasteiger charge is 2.11. The van der Waals surface area contributed by atoms with E-state index >= 15 is 0 Å². The van der Waals surface area contributed by atoms with E-state index in [1.807, 2.05) is 6.92 Å². The number of hydrogen-bond acceptors (Lipinski definition) is 3. The minimum Gasteiger partial charge on any atom is -0.481 e. The Morgan fingerprint density at radius 2 is 1.82 bits per heavy atom. The zero-order valence-electron chi connectivity index (χ0n) is 10.3. The average molecular weight is 240 g/mol. The molecule has 1 N–H and O–H groups in total. The third kappa shape index (κ3) is 14.2. The molecule has 0 radical (unpaired) electrons. The zero-order valence-corrected chi connectivity index (χ0v) is 10.3. The number of hydrogen-bond donors (Lipinski definition) is 1. The second-order valence-electron chi connectivity index (χ2n) is 3.13. The number of rotatable bonds is 7. The normalized spacial score (nSPS) is 8.29. The molecule has 4 heteroatoms. The maximum Gasteiger partial charge on any atom is 0.333 e. The molecule has 0 unspecified atom stereocenters. The number of carbonyl (C=O) groups excluding carboxylic acids is 1. The van der Waals surface area contributed by atoms with Gasteiger partial charge >= 0.3 is 11.9 Å². The van der Waals surface area contributed by atoms with Crippen LogP contribution in [0.5, 0.6) is 0 Å². The molecule has 0 atom stereocenters. The van der Waals surface area contributed by atoms with Gasteiger partial charge in [0, 0.05) is 5.57 Å². The van der Waals surface area contributed by atoms with Crippen molar-refractivity contribution in [3.63, 3.8) is 0 Å². The van der Waals surface area contributed by atoms with Crippen LogP contribution in [0.4, 0.5) is 0 Å². The Morgan fingerprint density at radius 3 is 2.18 bits per heavy atom. The Balaban J connectivity index is 0. The maximum absolute atomic E-state index is 11.0. The summed E-state index contributed by atoms with van der Waals surface area (Å²) in [6, 6.07) is 0. The minimum atomic E-state index is -1.07. The van der Waals surface area contributed by atoms with E-state index in [4.69, 9.17) is 9.84 Å². The minimum absolute atomic E-state index is 0.0106. The summed E-state index contributed by atoms with van der Waals surface area (Å²) < 4.78 is 4.74. The van der Waals surface area contributed by atoms with Gasteiger partial charge < -0.3 is 9.84 Å². The van der Waals surface area contributed by atoms with E-state index in [2.05, 4.69) is 19.7 Å². The fourth-order valence-electron chi connectivity index (χ4n) is 0.666. The van der Waals surface area contributed by atoms with E-state index in [0.717, 1.165) is 12.8 Å². The second-order valence-corrected chi connectivity index (χ2v) is 3.13. The summed E-state index contributed by atoms with van der Waals surface area (Å²) in [5.41, 5.74) is -0.0106. The first-order valence-corrected chi connectivity index (χ1v) is 5.29. The first-order valence-electron chi connectivity index (χ1n) is 5.29. The molecule has 0 saturated heterocycles. The predicted octanol–water partition coefficient (Wildman–Crippen LogP) is 2.72. The molecule has 96 valence electrons. The lowest BCUT2D eigenvalue weighted by Gasteiger charge is -2.03. The molecule has 0 aliphatic carbocycles. The number of allylic oxidation sites excluding steroid dienone is 2. The summed E-state index contributed by atoms with van der Waals surface area (Å²) in [5, 5.41) is 8.34. The smallest absolute Gasteiger partial charge is 0.333 e. The molecule has 0 aromatic carbocycles. The number of carboxylic acid groups (broad SMARTS) is 1. The van der Waals surface area contributed by atoms with Crippen LogP contribution in [0.3, 0.4) is 0 Å². The van der Waals surface area contributed by atoms with Crippen molar-refractivity contribution in [2.75, 3.05) is 6.61 Å². The molecule has 0 fully saturated rings. The second kappa shape index (κ2) is 12.2. The van der Waals surface area contributed by atoms with Crippen molar-refractivity contribution >= 4 is 11.9 Å². The van der Waals surface area contributed by atoms with Crippen LogP contribution in [-0.4, -0.2) is 23.7 Å². The predicted molar refractivity (Wildman–Crippen MR) is 67.7 cm³/mol. The van der Waals surface area contributed by atoms with E-state index in [0.29, 0.717) is 6.61 Å². The molecule has 0 heterocycles. The Kier molecular flexibility index (Phi) is 12.6. The molecule has 0 saturated carbocycles. The maximum atomic E-state index is 11.0. The Hall–Kier alpha value is -1.84. The molecular weight excluding hydrogens is 220 g/mol. The van der Waals surface area contributed by atoms with Crippen LogP contribution in [0.2, 0.25) is 0 Å². The fourth-order valence-corrected chi connectivity index (χ4v) is 0.666. The van der Waals surface area contributed by atoms with Crippen LogP contribution >= 0.6 is 0 Å². The van der Waals surface area contributed by atoms with E-state index in [9.17, 15) is 9.59 Å². The molecule has 4 nitrogen and oxygen atoms in total. The number of aliphatic carboxylic acids is 1. The largest absolute Gasteiger partial charge is 0.481 e.